The Hall–Kier alpha value is -1.04. The van der Waals surface area contributed by atoms with E-state index in [2.05, 4.69) is 26.7 Å². The molecule has 26 heavy (non-hydrogen) atoms. The van der Waals surface area contributed by atoms with Crippen LogP contribution in [0, 0.1) is 6.92 Å². The molecule has 3 rings (SSSR count). The molecule has 148 valence electrons. The van der Waals surface area contributed by atoms with E-state index in [1.165, 1.54) is 57.4 Å². The maximum absolute atomic E-state index is 5.48. The second-order valence-corrected chi connectivity index (χ2v) is 7.14. The van der Waals surface area contributed by atoms with Crippen molar-refractivity contribution in [1.29, 1.82) is 0 Å². The van der Waals surface area contributed by atoms with E-state index in [9.17, 15) is 0 Å². The minimum atomic E-state index is 0.646. The summed E-state index contributed by atoms with van der Waals surface area (Å²) in [5.41, 5.74) is 1.32. The number of piperidine rings is 2. The summed E-state index contributed by atoms with van der Waals surface area (Å²) in [7, 11) is 0. The lowest BCUT2D eigenvalue weighted by Gasteiger charge is -2.41. The van der Waals surface area contributed by atoms with Crippen molar-refractivity contribution < 1.29 is 4.74 Å². The van der Waals surface area contributed by atoms with Crippen molar-refractivity contribution in [3.63, 3.8) is 0 Å². The summed E-state index contributed by atoms with van der Waals surface area (Å²) in [6.45, 7) is 15.7. The molecule has 0 spiro atoms. The van der Waals surface area contributed by atoms with Gasteiger partial charge in [0.05, 0.1) is 6.61 Å². The molecule has 0 radical (unpaired) electrons. The Morgan fingerprint density at radius 1 is 1.00 bits per heavy atom. The molecule has 2 saturated heterocycles. The van der Waals surface area contributed by atoms with Crippen molar-refractivity contribution in [2.24, 2.45) is 0 Å². The highest BCUT2D eigenvalue weighted by Gasteiger charge is 2.28. The summed E-state index contributed by atoms with van der Waals surface area (Å²) in [5, 5.41) is 0. The number of hydrogen-bond acceptors (Lipinski definition) is 5. The fraction of sp³-hybridized carbons (Fsp3) is 0.810. The van der Waals surface area contributed by atoms with Crippen LogP contribution in [0.1, 0.15) is 63.8 Å². The second kappa shape index (κ2) is 11.6. The molecule has 0 unspecified atom stereocenters. The molecule has 2 aliphatic heterocycles. The van der Waals surface area contributed by atoms with Crippen molar-refractivity contribution >= 4 is 0 Å². The number of aryl methyl sites for hydroxylation is 1. The van der Waals surface area contributed by atoms with Gasteiger partial charge in [-0.25, -0.2) is 9.97 Å². The normalized spacial score (nSPS) is 20.6. The average Bonchev–Trinajstić information content (AvgIpc) is 2.71. The zero-order valence-corrected chi connectivity index (χ0v) is 17.3. The molecule has 1 aromatic rings. The SMILES string of the molecule is CC.CCOCCN1CCC(N2CCC(c3cnc(C)nc3)CC2)CC1. The Kier molecular flexibility index (Phi) is 9.51. The highest BCUT2D eigenvalue weighted by atomic mass is 16.5. The Morgan fingerprint density at radius 2 is 1.62 bits per heavy atom. The van der Waals surface area contributed by atoms with Gasteiger partial charge >= 0.3 is 0 Å². The Balaban J connectivity index is 0.00000117. The lowest BCUT2D eigenvalue weighted by atomic mass is 9.89. The Morgan fingerprint density at radius 3 is 2.19 bits per heavy atom. The fourth-order valence-corrected chi connectivity index (χ4v) is 4.06. The number of hydrogen-bond donors (Lipinski definition) is 0. The summed E-state index contributed by atoms with van der Waals surface area (Å²) in [5.74, 6) is 1.51. The van der Waals surface area contributed by atoms with Crippen LogP contribution in [0.2, 0.25) is 0 Å². The van der Waals surface area contributed by atoms with Gasteiger partial charge in [0.2, 0.25) is 0 Å². The number of rotatable bonds is 6. The van der Waals surface area contributed by atoms with Crippen molar-refractivity contribution in [2.45, 2.75) is 65.3 Å². The summed E-state index contributed by atoms with van der Waals surface area (Å²) >= 11 is 0. The first-order valence-electron chi connectivity index (χ1n) is 10.6. The van der Waals surface area contributed by atoms with Gasteiger partial charge in [0.15, 0.2) is 0 Å². The van der Waals surface area contributed by atoms with Crippen molar-refractivity contribution in [2.75, 3.05) is 45.9 Å². The first-order chi connectivity index (χ1) is 12.8. The molecule has 0 bridgehead atoms. The van der Waals surface area contributed by atoms with E-state index < -0.39 is 0 Å². The molecule has 5 heteroatoms. The molecular formula is C21H38N4O. The minimum absolute atomic E-state index is 0.646. The number of ether oxygens (including phenoxy) is 1. The lowest BCUT2D eigenvalue weighted by Crippen LogP contribution is -2.48. The van der Waals surface area contributed by atoms with E-state index >= 15 is 0 Å². The van der Waals surface area contributed by atoms with E-state index in [4.69, 9.17) is 4.74 Å². The van der Waals surface area contributed by atoms with E-state index in [1.54, 1.807) is 0 Å². The minimum Gasteiger partial charge on any atom is -0.380 e. The van der Waals surface area contributed by atoms with Gasteiger partial charge in [-0.1, -0.05) is 13.8 Å². The lowest BCUT2D eigenvalue weighted by molar-refractivity contribution is 0.0647. The van der Waals surface area contributed by atoms with Crippen LogP contribution in [0.3, 0.4) is 0 Å². The molecular weight excluding hydrogens is 324 g/mol. The molecule has 0 amide bonds. The van der Waals surface area contributed by atoms with E-state index in [0.717, 1.165) is 31.6 Å². The molecule has 0 aliphatic carbocycles. The van der Waals surface area contributed by atoms with Crippen molar-refractivity contribution in [3.05, 3.63) is 23.8 Å². The smallest absolute Gasteiger partial charge is 0.125 e. The molecule has 3 heterocycles. The van der Waals surface area contributed by atoms with Crippen molar-refractivity contribution in [1.82, 2.24) is 19.8 Å². The molecule has 0 atom stereocenters. The largest absolute Gasteiger partial charge is 0.380 e. The topological polar surface area (TPSA) is 41.5 Å². The summed E-state index contributed by atoms with van der Waals surface area (Å²) < 4.78 is 5.48. The number of likely N-dealkylation sites (tertiary alicyclic amines) is 2. The molecule has 0 saturated carbocycles. The zero-order valence-electron chi connectivity index (χ0n) is 17.3. The quantitative estimate of drug-likeness (QED) is 0.725. The van der Waals surface area contributed by atoms with Crippen molar-refractivity contribution in [3.8, 4) is 0 Å². The van der Waals surface area contributed by atoms with Gasteiger partial charge in [-0.3, -0.25) is 0 Å². The van der Waals surface area contributed by atoms with Gasteiger partial charge in [0.25, 0.3) is 0 Å². The third-order valence-electron chi connectivity index (χ3n) is 5.63. The number of aromatic nitrogens is 2. The standard InChI is InChI=1S/C19H32N4O.C2H6/c1-3-24-13-12-22-8-6-19(7-9-22)23-10-4-17(5-11-23)18-14-20-16(2)21-15-18;1-2/h14-15,17,19H,3-13H2,1-2H3;1-2H3. The van der Waals surface area contributed by atoms with E-state index in [-0.39, 0.29) is 0 Å². The third-order valence-corrected chi connectivity index (χ3v) is 5.63. The van der Waals surface area contributed by atoms with Gasteiger partial charge < -0.3 is 14.5 Å². The van der Waals surface area contributed by atoms with Gasteiger partial charge in [-0.05, 0) is 77.2 Å². The van der Waals surface area contributed by atoms with Crippen LogP contribution in [0.25, 0.3) is 0 Å². The molecule has 2 fully saturated rings. The Bertz CT molecular complexity index is 477. The average molecular weight is 363 g/mol. The third kappa shape index (κ3) is 6.29. The van der Waals surface area contributed by atoms with Gasteiger partial charge in [0, 0.05) is 31.6 Å². The van der Waals surface area contributed by atoms with E-state index in [1.807, 2.05) is 33.2 Å². The maximum Gasteiger partial charge on any atom is 0.125 e. The van der Waals surface area contributed by atoms with E-state index in [0.29, 0.717) is 5.92 Å². The molecule has 5 nitrogen and oxygen atoms in total. The van der Waals surface area contributed by atoms with Crippen LogP contribution >= 0.6 is 0 Å². The van der Waals surface area contributed by atoms with Gasteiger partial charge in [0.1, 0.15) is 5.82 Å². The highest BCUT2D eigenvalue weighted by Crippen LogP contribution is 2.29. The van der Waals surface area contributed by atoms with Crippen LogP contribution in [-0.4, -0.2) is 71.7 Å². The predicted octanol–water partition coefficient (Wildman–Crippen LogP) is 3.49. The molecule has 2 aliphatic rings. The molecule has 0 aromatic carbocycles. The van der Waals surface area contributed by atoms with Crippen LogP contribution in [0.15, 0.2) is 12.4 Å². The van der Waals surface area contributed by atoms with Crippen LogP contribution in [-0.2, 0) is 4.74 Å². The second-order valence-electron chi connectivity index (χ2n) is 7.14. The van der Waals surface area contributed by atoms with Crippen LogP contribution in [0.4, 0.5) is 0 Å². The Labute approximate surface area is 160 Å². The zero-order chi connectivity index (χ0) is 18.8. The first-order valence-corrected chi connectivity index (χ1v) is 10.6. The fourth-order valence-electron chi connectivity index (χ4n) is 4.06. The van der Waals surface area contributed by atoms with Gasteiger partial charge in [-0.2, -0.15) is 0 Å². The maximum atomic E-state index is 5.48. The number of nitrogens with zero attached hydrogens (tertiary/aromatic N) is 4. The molecule has 1 aromatic heterocycles. The van der Waals surface area contributed by atoms with Gasteiger partial charge in [-0.15, -0.1) is 0 Å². The van der Waals surface area contributed by atoms with Crippen LogP contribution in [0.5, 0.6) is 0 Å². The summed E-state index contributed by atoms with van der Waals surface area (Å²) in [6.07, 6.45) is 9.17. The monoisotopic (exact) mass is 362 g/mol. The summed E-state index contributed by atoms with van der Waals surface area (Å²) in [6, 6.07) is 0.781. The first kappa shape index (κ1) is 21.3. The van der Waals surface area contributed by atoms with Crippen LogP contribution < -0.4 is 0 Å². The predicted molar refractivity (Wildman–Crippen MR) is 108 cm³/mol. The highest BCUT2D eigenvalue weighted by molar-refractivity contribution is 5.12. The molecule has 0 N–H and O–H groups in total. The summed E-state index contributed by atoms with van der Waals surface area (Å²) in [4.78, 5) is 14.0.